The topological polar surface area (TPSA) is 0 Å². The molecule has 30 heavy (non-hydrogen) atoms. The Balaban J connectivity index is 1.79. The van der Waals surface area contributed by atoms with Gasteiger partial charge >= 0.3 is 0 Å². The van der Waals surface area contributed by atoms with E-state index in [1.165, 1.54) is 49.7 Å². The van der Waals surface area contributed by atoms with E-state index in [1.54, 1.807) is 0 Å². The lowest BCUT2D eigenvalue weighted by molar-refractivity contribution is 0.769. The van der Waals surface area contributed by atoms with Crippen molar-refractivity contribution in [1.82, 2.24) is 0 Å². The zero-order valence-electron chi connectivity index (χ0n) is 17.0. The summed E-state index contributed by atoms with van der Waals surface area (Å²) in [6.45, 7) is 2.18. The summed E-state index contributed by atoms with van der Waals surface area (Å²) in [4.78, 5) is 0. The molecule has 0 radical (unpaired) electrons. The van der Waals surface area contributed by atoms with Crippen molar-refractivity contribution in [2.45, 2.75) is 12.3 Å². The van der Waals surface area contributed by atoms with E-state index in [0.717, 1.165) is 0 Å². The molecule has 0 fully saturated rings. The quantitative estimate of drug-likeness (QED) is 0.291. The van der Waals surface area contributed by atoms with E-state index in [0.29, 0.717) is 0 Å². The summed E-state index contributed by atoms with van der Waals surface area (Å²) >= 11 is 0. The molecule has 0 spiro atoms. The van der Waals surface area contributed by atoms with Crippen molar-refractivity contribution in [3.05, 3.63) is 143 Å². The van der Waals surface area contributed by atoms with E-state index in [4.69, 9.17) is 0 Å². The number of benzene rings is 5. The van der Waals surface area contributed by atoms with Crippen molar-refractivity contribution in [2.24, 2.45) is 0 Å². The number of hydrogen-bond acceptors (Lipinski definition) is 0. The molecule has 5 aromatic rings. The van der Waals surface area contributed by atoms with Gasteiger partial charge < -0.3 is 0 Å². The van der Waals surface area contributed by atoms with Crippen molar-refractivity contribution < 1.29 is 0 Å². The molecule has 5 aromatic carbocycles. The van der Waals surface area contributed by atoms with Crippen molar-refractivity contribution >= 4 is 10.8 Å². The summed E-state index contributed by atoms with van der Waals surface area (Å²) in [5.41, 5.74) is 9.05. The first-order valence-electron chi connectivity index (χ1n) is 10.5. The summed E-state index contributed by atoms with van der Waals surface area (Å²) < 4.78 is 0. The minimum atomic E-state index is -0.315. The SMILES string of the molecule is Cc1ccc2c(c1)-c1ccccc1C2(c1ccccc1)c1ccc2ccccc2c1. The fourth-order valence-corrected chi connectivity index (χ4v) is 5.30. The Bertz CT molecular complexity index is 1390. The molecule has 0 amide bonds. The maximum atomic E-state index is 2.38. The fraction of sp³-hybridized carbons (Fsp3) is 0.0667. The molecule has 1 atom stereocenters. The van der Waals surface area contributed by atoms with Crippen molar-refractivity contribution in [2.75, 3.05) is 0 Å². The van der Waals surface area contributed by atoms with Crippen LogP contribution in [0.5, 0.6) is 0 Å². The summed E-state index contributed by atoms with van der Waals surface area (Å²) in [5, 5.41) is 2.56. The second-order valence-electron chi connectivity index (χ2n) is 8.27. The summed E-state index contributed by atoms with van der Waals surface area (Å²) in [6.07, 6.45) is 0. The Hall–Kier alpha value is -3.64. The van der Waals surface area contributed by atoms with Gasteiger partial charge in [0, 0.05) is 0 Å². The van der Waals surface area contributed by atoms with Gasteiger partial charge in [0.05, 0.1) is 5.41 Å². The van der Waals surface area contributed by atoms with Crippen LogP contribution < -0.4 is 0 Å². The first-order chi connectivity index (χ1) is 14.8. The third kappa shape index (κ3) is 2.28. The van der Waals surface area contributed by atoms with Gasteiger partial charge in [-0.1, -0.05) is 115 Å². The molecule has 0 bridgehead atoms. The smallest absolute Gasteiger partial charge is 0.0622 e. The van der Waals surface area contributed by atoms with Crippen LogP contribution in [0.25, 0.3) is 21.9 Å². The fourth-order valence-electron chi connectivity index (χ4n) is 5.30. The van der Waals surface area contributed by atoms with E-state index < -0.39 is 0 Å². The average molecular weight is 383 g/mol. The predicted octanol–water partition coefficient (Wildman–Crippen LogP) is 7.51. The van der Waals surface area contributed by atoms with E-state index >= 15 is 0 Å². The Labute approximate surface area is 177 Å². The molecule has 6 rings (SSSR count). The van der Waals surface area contributed by atoms with E-state index in [-0.39, 0.29) is 5.41 Å². The van der Waals surface area contributed by atoms with Gasteiger partial charge in [-0.25, -0.2) is 0 Å². The van der Waals surface area contributed by atoms with Gasteiger partial charge in [-0.05, 0) is 57.1 Å². The maximum absolute atomic E-state index is 2.38. The van der Waals surface area contributed by atoms with Crippen LogP contribution in [0.4, 0.5) is 0 Å². The molecule has 142 valence electrons. The van der Waals surface area contributed by atoms with Gasteiger partial charge in [0.15, 0.2) is 0 Å². The Morgan fingerprint density at radius 2 is 1.17 bits per heavy atom. The number of aryl methyl sites for hydroxylation is 1. The van der Waals surface area contributed by atoms with Gasteiger partial charge in [-0.3, -0.25) is 0 Å². The number of rotatable bonds is 2. The first-order valence-corrected chi connectivity index (χ1v) is 10.5. The lowest BCUT2D eigenvalue weighted by Crippen LogP contribution is -2.28. The molecule has 0 saturated carbocycles. The Morgan fingerprint density at radius 1 is 0.467 bits per heavy atom. The van der Waals surface area contributed by atoms with Gasteiger partial charge in [0.1, 0.15) is 0 Å². The molecular weight excluding hydrogens is 360 g/mol. The summed E-state index contributed by atoms with van der Waals surface area (Å²) in [6, 6.07) is 42.5. The molecule has 0 saturated heterocycles. The summed E-state index contributed by atoms with van der Waals surface area (Å²) in [7, 11) is 0. The maximum Gasteiger partial charge on any atom is 0.0713 e. The molecular formula is C30H22. The minimum absolute atomic E-state index is 0.315. The van der Waals surface area contributed by atoms with Crippen LogP contribution in [0, 0.1) is 6.92 Å². The minimum Gasteiger partial charge on any atom is -0.0622 e. The molecule has 1 aliphatic rings. The Morgan fingerprint density at radius 3 is 2.03 bits per heavy atom. The second kappa shape index (κ2) is 6.43. The van der Waals surface area contributed by atoms with Crippen molar-refractivity contribution in [3.63, 3.8) is 0 Å². The monoisotopic (exact) mass is 382 g/mol. The standard InChI is InChI=1S/C30H22/c1-21-15-18-29-27(19-21)26-13-7-8-14-28(26)30(29,24-11-3-2-4-12-24)25-17-16-22-9-5-6-10-23(22)20-25/h2-20H,1H3. The van der Waals surface area contributed by atoms with Crippen LogP contribution in [-0.4, -0.2) is 0 Å². The van der Waals surface area contributed by atoms with Crippen LogP contribution >= 0.6 is 0 Å². The second-order valence-corrected chi connectivity index (χ2v) is 8.27. The highest BCUT2D eigenvalue weighted by Crippen LogP contribution is 2.56. The van der Waals surface area contributed by atoms with Gasteiger partial charge in [-0.2, -0.15) is 0 Å². The summed E-state index contributed by atoms with van der Waals surface area (Å²) in [5.74, 6) is 0. The molecule has 0 aliphatic heterocycles. The van der Waals surface area contributed by atoms with Gasteiger partial charge in [-0.15, -0.1) is 0 Å². The molecule has 0 heterocycles. The highest BCUT2D eigenvalue weighted by atomic mass is 14.5. The lowest BCUT2D eigenvalue weighted by atomic mass is 9.67. The molecule has 0 nitrogen and oxygen atoms in total. The first kappa shape index (κ1) is 17.2. The van der Waals surface area contributed by atoms with Crippen LogP contribution in [0.1, 0.15) is 27.8 Å². The highest BCUT2D eigenvalue weighted by molar-refractivity contribution is 5.89. The van der Waals surface area contributed by atoms with Crippen LogP contribution in [-0.2, 0) is 5.41 Å². The van der Waals surface area contributed by atoms with Crippen molar-refractivity contribution in [3.8, 4) is 11.1 Å². The van der Waals surface area contributed by atoms with Gasteiger partial charge in [0.25, 0.3) is 0 Å². The largest absolute Gasteiger partial charge is 0.0713 e. The van der Waals surface area contributed by atoms with Crippen molar-refractivity contribution in [1.29, 1.82) is 0 Å². The molecule has 1 aliphatic carbocycles. The third-order valence-corrected chi connectivity index (χ3v) is 6.59. The van der Waals surface area contributed by atoms with Crippen LogP contribution in [0.15, 0.2) is 115 Å². The number of fused-ring (bicyclic) bond motifs is 4. The lowest BCUT2D eigenvalue weighted by Gasteiger charge is -2.34. The third-order valence-electron chi connectivity index (χ3n) is 6.59. The van der Waals surface area contributed by atoms with E-state index in [1.807, 2.05) is 0 Å². The average Bonchev–Trinajstić information content (AvgIpc) is 3.10. The normalized spacial score (nSPS) is 17.0. The van der Waals surface area contributed by atoms with E-state index in [2.05, 4.69) is 122 Å². The zero-order valence-corrected chi connectivity index (χ0v) is 17.0. The highest BCUT2D eigenvalue weighted by Gasteiger charge is 2.45. The zero-order chi connectivity index (χ0) is 20.1. The van der Waals surface area contributed by atoms with Crippen LogP contribution in [0.3, 0.4) is 0 Å². The predicted molar refractivity (Wildman–Crippen MR) is 126 cm³/mol. The van der Waals surface area contributed by atoms with Gasteiger partial charge in [0.2, 0.25) is 0 Å². The Kier molecular flexibility index (Phi) is 3.70. The molecule has 0 aromatic heterocycles. The molecule has 1 unspecified atom stereocenters. The molecule has 0 heteroatoms. The van der Waals surface area contributed by atoms with E-state index in [9.17, 15) is 0 Å². The van der Waals surface area contributed by atoms with Crippen LogP contribution in [0.2, 0.25) is 0 Å². The number of hydrogen-bond donors (Lipinski definition) is 0. The molecule has 0 N–H and O–H groups in total.